The first-order chi connectivity index (χ1) is 8.67. The van der Waals surface area contributed by atoms with Crippen molar-refractivity contribution < 1.29 is 19.0 Å². The normalized spacial score (nSPS) is 10.1. The first kappa shape index (κ1) is 12.1. The predicted molar refractivity (Wildman–Crippen MR) is 65.4 cm³/mol. The summed E-state index contributed by atoms with van der Waals surface area (Å²) in [6.07, 6.45) is 0.525. The molecule has 0 amide bonds. The number of hydrogen-bond acceptors (Lipinski definition) is 3. The Labute approximate surface area is 103 Å². The summed E-state index contributed by atoms with van der Waals surface area (Å²) in [5.41, 5.74) is 0.943. The number of rotatable bonds is 3. The van der Waals surface area contributed by atoms with Crippen LogP contribution in [0.15, 0.2) is 36.4 Å². The first-order valence-corrected chi connectivity index (χ1v) is 5.28. The fourth-order valence-electron chi connectivity index (χ4n) is 1.71. The monoisotopic (exact) mass is 246 g/mol. The third-order valence-corrected chi connectivity index (χ3v) is 2.65. The Bertz CT molecular complexity index is 594. The maximum atomic E-state index is 14.0. The van der Waals surface area contributed by atoms with Crippen LogP contribution in [-0.4, -0.2) is 18.5 Å². The molecule has 0 saturated carbocycles. The molecule has 0 bridgehead atoms. The summed E-state index contributed by atoms with van der Waals surface area (Å²) in [4.78, 5) is 10.7. The third kappa shape index (κ3) is 2.05. The molecule has 0 spiro atoms. The lowest BCUT2D eigenvalue weighted by Crippen LogP contribution is -1.92. The summed E-state index contributed by atoms with van der Waals surface area (Å²) >= 11 is 0. The van der Waals surface area contributed by atoms with E-state index in [-0.39, 0.29) is 17.1 Å². The molecule has 0 unspecified atom stereocenters. The molecule has 0 aliphatic carbocycles. The van der Waals surface area contributed by atoms with E-state index in [2.05, 4.69) is 0 Å². The van der Waals surface area contributed by atoms with E-state index < -0.39 is 5.82 Å². The molecule has 2 rings (SSSR count). The summed E-state index contributed by atoms with van der Waals surface area (Å²) in [5.74, 6) is -0.493. The zero-order valence-corrected chi connectivity index (χ0v) is 9.68. The Morgan fingerprint density at radius 1 is 1.28 bits per heavy atom. The highest BCUT2D eigenvalue weighted by Crippen LogP contribution is 2.31. The standard InChI is InChI=1S/C14H11FO3/c1-18-13-4-2-3-11(14(13)15)9-5-6-12(17)10(7-9)8-16/h2-8,17H,1H3. The molecular formula is C14H11FO3. The van der Waals surface area contributed by atoms with Gasteiger partial charge in [-0.25, -0.2) is 4.39 Å². The van der Waals surface area contributed by atoms with Crippen molar-refractivity contribution in [1.29, 1.82) is 0 Å². The summed E-state index contributed by atoms with van der Waals surface area (Å²) in [7, 11) is 1.38. The highest BCUT2D eigenvalue weighted by atomic mass is 19.1. The van der Waals surface area contributed by atoms with Gasteiger partial charge in [0.15, 0.2) is 17.9 Å². The van der Waals surface area contributed by atoms with Gasteiger partial charge in [0.1, 0.15) is 5.75 Å². The van der Waals surface area contributed by atoms with E-state index in [9.17, 15) is 14.3 Å². The lowest BCUT2D eigenvalue weighted by molar-refractivity contribution is 0.112. The topological polar surface area (TPSA) is 46.5 Å². The average molecular weight is 246 g/mol. The zero-order valence-electron chi connectivity index (χ0n) is 9.68. The lowest BCUT2D eigenvalue weighted by Gasteiger charge is -2.08. The van der Waals surface area contributed by atoms with Crippen molar-refractivity contribution in [3.8, 4) is 22.6 Å². The largest absolute Gasteiger partial charge is 0.507 e. The molecular weight excluding hydrogens is 235 g/mol. The van der Waals surface area contributed by atoms with Crippen LogP contribution in [0, 0.1) is 5.82 Å². The third-order valence-electron chi connectivity index (χ3n) is 2.65. The molecule has 0 aliphatic rings. The number of phenolic OH excluding ortho intramolecular Hbond substituents is 1. The van der Waals surface area contributed by atoms with E-state index in [1.807, 2.05) is 0 Å². The Morgan fingerprint density at radius 3 is 2.72 bits per heavy atom. The van der Waals surface area contributed by atoms with Crippen molar-refractivity contribution in [2.75, 3.05) is 7.11 Å². The number of benzene rings is 2. The number of phenols is 1. The molecule has 0 aromatic heterocycles. The van der Waals surface area contributed by atoms with Gasteiger partial charge in [-0.2, -0.15) is 0 Å². The Balaban J connectivity index is 2.58. The molecule has 0 saturated heterocycles. The van der Waals surface area contributed by atoms with Crippen LogP contribution in [0.2, 0.25) is 0 Å². The maximum Gasteiger partial charge on any atom is 0.172 e. The van der Waals surface area contributed by atoms with Crippen molar-refractivity contribution in [3.05, 3.63) is 47.8 Å². The fraction of sp³-hybridized carbons (Fsp3) is 0.0714. The van der Waals surface area contributed by atoms with E-state index in [0.717, 1.165) is 0 Å². The van der Waals surface area contributed by atoms with Crippen LogP contribution in [-0.2, 0) is 0 Å². The average Bonchev–Trinajstić information content (AvgIpc) is 2.40. The molecule has 0 aliphatic heterocycles. The number of halogens is 1. The minimum Gasteiger partial charge on any atom is -0.507 e. The van der Waals surface area contributed by atoms with Crippen molar-refractivity contribution in [2.24, 2.45) is 0 Å². The minimum absolute atomic E-state index is 0.120. The second-order valence-electron chi connectivity index (χ2n) is 3.71. The van der Waals surface area contributed by atoms with Gasteiger partial charge in [-0.3, -0.25) is 4.79 Å². The lowest BCUT2D eigenvalue weighted by atomic mass is 10.0. The quantitative estimate of drug-likeness (QED) is 0.847. The molecule has 0 radical (unpaired) electrons. The van der Waals surface area contributed by atoms with Gasteiger partial charge in [0, 0.05) is 5.56 Å². The van der Waals surface area contributed by atoms with Crippen molar-refractivity contribution in [1.82, 2.24) is 0 Å². The first-order valence-electron chi connectivity index (χ1n) is 5.28. The van der Waals surface area contributed by atoms with Gasteiger partial charge in [0.05, 0.1) is 12.7 Å². The van der Waals surface area contributed by atoms with E-state index >= 15 is 0 Å². The SMILES string of the molecule is COc1cccc(-c2ccc(O)c(C=O)c2)c1F. The van der Waals surface area contributed by atoms with Crippen molar-refractivity contribution in [2.45, 2.75) is 0 Å². The number of ether oxygens (including phenoxy) is 1. The molecule has 2 aromatic rings. The second-order valence-corrected chi connectivity index (χ2v) is 3.71. The van der Waals surface area contributed by atoms with Crippen molar-refractivity contribution >= 4 is 6.29 Å². The molecule has 0 fully saturated rings. The number of methoxy groups -OCH3 is 1. The van der Waals surface area contributed by atoms with E-state index in [1.165, 1.54) is 25.3 Å². The van der Waals surface area contributed by atoms with Crippen LogP contribution in [0.1, 0.15) is 10.4 Å². The summed E-state index contributed by atoms with van der Waals surface area (Å²) in [5, 5.41) is 9.40. The number of aromatic hydroxyl groups is 1. The van der Waals surface area contributed by atoms with Crippen LogP contribution in [0.4, 0.5) is 4.39 Å². The van der Waals surface area contributed by atoms with Crippen LogP contribution < -0.4 is 4.74 Å². The van der Waals surface area contributed by atoms with Crippen LogP contribution in [0.3, 0.4) is 0 Å². The highest BCUT2D eigenvalue weighted by Gasteiger charge is 2.11. The predicted octanol–water partition coefficient (Wildman–Crippen LogP) is 3.02. The van der Waals surface area contributed by atoms with Gasteiger partial charge in [0.25, 0.3) is 0 Å². The van der Waals surface area contributed by atoms with Gasteiger partial charge in [-0.15, -0.1) is 0 Å². The molecule has 92 valence electrons. The number of hydrogen-bond donors (Lipinski definition) is 1. The van der Waals surface area contributed by atoms with Gasteiger partial charge in [-0.1, -0.05) is 18.2 Å². The van der Waals surface area contributed by atoms with Crippen LogP contribution in [0.5, 0.6) is 11.5 Å². The minimum atomic E-state index is -0.498. The summed E-state index contributed by atoms with van der Waals surface area (Å²) in [6, 6.07) is 9.09. The smallest absolute Gasteiger partial charge is 0.172 e. The van der Waals surface area contributed by atoms with E-state index in [4.69, 9.17) is 4.74 Å². The molecule has 0 heterocycles. The summed E-state index contributed by atoms with van der Waals surface area (Å²) < 4.78 is 18.9. The zero-order chi connectivity index (χ0) is 13.1. The van der Waals surface area contributed by atoms with Gasteiger partial charge in [0.2, 0.25) is 0 Å². The number of carbonyl (C=O) groups excluding carboxylic acids is 1. The van der Waals surface area contributed by atoms with Crippen molar-refractivity contribution in [3.63, 3.8) is 0 Å². The summed E-state index contributed by atoms with van der Waals surface area (Å²) in [6.45, 7) is 0. The van der Waals surface area contributed by atoms with Crippen LogP contribution in [0.25, 0.3) is 11.1 Å². The van der Waals surface area contributed by atoms with Gasteiger partial charge < -0.3 is 9.84 Å². The molecule has 3 nitrogen and oxygen atoms in total. The molecule has 18 heavy (non-hydrogen) atoms. The molecule has 2 aromatic carbocycles. The Morgan fingerprint density at radius 2 is 2.06 bits per heavy atom. The van der Waals surface area contributed by atoms with Crippen LogP contribution >= 0.6 is 0 Å². The maximum absolute atomic E-state index is 14.0. The van der Waals surface area contributed by atoms with E-state index in [0.29, 0.717) is 17.4 Å². The Kier molecular flexibility index (Phi) is 3.28. The van der Waals surface area contributed by atoms with E-state index in [1.54, 1.807) is 18.2 Å². The molecule has 1 N–H and O–H groups in total. The molecule has 4 heteroatoms. The van der Waals surface area contributed by atoms with Gasteiger partial charge in [-0.05, 0) is 23.8 Å². The second kappa shape index (κ2) is 4.87. The van der Waals surface area contributed by atoms with Gasteiger partial charge >= 0.3 is 0 Å². The Hall–Kier alpha value is -2.36. The fourth-order valence-corrected chi connectivity index (χ4v) is 1.71. The number of aldehydes is 1. The molecule has 0 atom stereocenters. The number of carbonyl (C=O) groups is 1. The highest BCUT2D eigenvalue weighted by molar-refractivity contribution is 5.83.